The van der Waals surface area contributed by atoms with E-state index in [1.807, 2.05) is 79.7 Å². The number of hydrogen-bond donors (Lipinski definition) is 0. The lowest BCUT2D eigenvalue weighted by atomic mass is 10.0. The number of hydrogen-bond acceptors (Lipinski definition) is 3. The van der Waals surface area contributed by atoms with E-state index in [9.17, 15) is 10.5 Å². The predicted octanol–water partition coefficient (Wildman–Crippen LogP) is 9.50. The summed E-state index contributed by atoms with van der Waals surface area (Å²) < 4.78 is 4.40. The van der Waals surface area contributed by atoms with E-state index in [2.05, 4.69) is 81.5 Å². The van der Waals surface area contributed by atoms with Gasteiger partial charge < -0.3 is 4.57 Å². The maximum absolute atomic E-state index is 9.66. The number of nitriles is 2. The lowest BCUT2D eigenvalue weighted by molar-refractivity contribution is 1.09. The second-order valence-corrected chi connectivity index (χ2v) is 10.4. The van der Waals surface area contributed by atoms with Crippen LogP contribution in [0.2, 0.25) is 0 Å². The highest BCUT2D eigenvalue weighted by Gasteiger charge is 2.19. The Labute approximate surface area is 249 Å². The van der Waals surface area contributed by atoms with E-state index >= 15 is 0 Å². The molecule has 5 heteroatoms. The highest BCUT2D eigenvalue weighted by atomic mass is 15.1. The lowest BCUT2D eigenvalue weighted by Crippen LogP contribution is -2.00. The van der Waals surface area contributed by atoms with Crippen LogP contribution in [0.1, 0.15) is 23.6 Å². The first kappa shape index (κ1) is 25.8. The van der Waals surface area contributed by atoms with Crippen LogP contribution in [0, 0.1) is 22.7 Å². The van der Waals surface area contributed by atoms with Crippen LogP contribution in [0.4, 0.5) is 5.82 Å². The number of para-hydroxylation sites is 2. The average Bonchev–Trinajstić information content (AvgIpc) is 3.56. The molecule has 0 saturated carbocycles. The summed E-state index contributed by atoms with van der Waals surface area (Å²) in [6, 6.07) is 41.1. The van der Waals surface area contributed by atoms with E-state index in [1.165, 1.54) is 0 Å². The molecule has 202 valence electrons. The smallest absolute Gasteiger partial charge is 0.144 e. The Balaban J connectivity index is 1.61. The number of allylic oxidation sites excluding steroid dienone is 1. The summed E-state index contributed by atoms with van der Waals surface area (Å²) >= 11 is 0. The molecule has 2 heterocycles. The van der Waals surface area contributed by atoms with E-state index in [0.29, 0.717) is 11.1 Å². The molecule has 0 aliphatic carbocycles. The molecule has 0 N–H and O–H groups in total. The molecule has 0 aliphatic rings. The molecule has 5 aromatic carbocycles. The van der Waals surface area contributed by atoms with Crippen LogP contribution in [-0.2, 0) is 0 Å². The molecule has 0 fully saturated rings. The third-order valence-corrected chi connectivity index (χ3v) is 7.92. The monoisotopic (exact) mass is 551 g/mol. The third kappa shape index (κ3) is 4.11. The van der Waals surface area contributed by atoms with Crippen molar-refractivity contribution < 1.29 is 0 Å². The molecule has 0 amide bonds. The molecule has 7 aromatic rings. The molecule has 7 rings (SSSR count). The highest BCUT2D eigenvalue weighted by molar-refractivity contribution is 6.09. The van der Waals surface area contributed by atoms with Gasteiger partial charge in [-0.3, -0.25) is 4.57 Å². The fourth-order valence-corrected chi connectivity index (χ4v) is 6.11. The van der Waals surface area contributed by atoms with Crippen LogP contribution < -0.4 is 0 Å². The number of fused-ring (bicyclic) bond motifs is 4. The summed E-state index contributed by atoms with van der Waals surface area (Å²) in [4.78, 5) is 4.53. The van der Waals surface area contributed by atoms with E-state index in [-0.39, 0.29) is 0 Å². The SMILES string of the molecule is C=Nc1c(/C=C\C)c2ccccc2n1-c1cc(-c2cccc(C#N)c2)cc(-n2c3ccccc3c3cc(C#N)ccc32)c1. The van der Waals surface area contributed by atoms with Crippen molar-refractivity contribution in [3.8, 4) is 34.6 Å². The lowest BCUT2D eigenvalue weighted by Gasteiger charge is -2.16. The minimum atomic E-state index is 0.598. The van der Waals surface area contributed by atoms with Gasteiger partial charge in [0, 0.05) is 27.4 Å². The van der Waals surface area contributed by atoms with Gasteiger partial charge >= 0.3 is 0 Å². The van der Waals surface area contributed by atoms with Crippen LogP contribution in [0.5, 0.6) is 0 Å². The topological polar surface area (TPSA) is 69.8 Å². The van der Waals surface area contributed by atoms with Crippen molar-refractivity contribution in [2.75, 3.05) is 0 Å². The Bertz CT molecular complexity index is 2350. The summed E-state index contributed by atoms with van der Waals surface area (Å²) in [5.41, 5.74) is 9.06. The molecule has 43 heavy (non-hydrogen) atoms. The minimum absolute atomic E-state index is 0.598. The van der Waals surface area contributed by atoms with Gasteiger partial charge in [-0.2, -0.15) is 10.5 Å². The Kier molecular flexibility index (Phi) is 6.20. The molecular formula is C38H25N5. The van der Waals surface area contributed by atoms with Gasteiger partial charge in [0.25, 0.3) is 0 Å². The van der Waals surface area contributed by atoms with Crippen LogP contribution >= 0.6 is 0 Å². The Morgan fingerprint density at radius 1 is 0.628 bits per heavy atom. The van der Waals surface area contributed by atoms with Crippen molar-refractivity contribution in [1.82, 2.24) is 9.13 Å². The van der Waals surface area contributed by atoms with Crippen LogP contribution in [0.25, 0.3) is 61.3 Å². The fourth-order valence-electron chi connectivity index (χ4n) is 6.11. The van der Waals surface area contributed by atoms with Crippen molar-refractivity contribution in [2.24, 2.45) is 4.99 Å². The van der Waals surface area contributed by atoms with Gasteiger partial charge in [-0.15, -0.1) is 0 Å². The number of aliphatic imine (C=N–C) groups is 1. The van der Waals surface area contributed by atoms with Gasteiger partial charge in [0.15, 0.2) is 0 Å². The van der Waals surface area contributed by atoms with Gasteiger partial charge in [-0.05, 0) is 85.4 Å². The van der Waals surface area contributed by atoms with Crippen molar-refractivity contribution in [2.45, 2.75) is 6.92 Å². The Morgan fingerprint density at radius 3 is 2.00 bits per heavy atom. The minimum Gasteiger partial charge on any atom is -0.309 e. The summed E-state index contributed by atoms with van der Waals surface area (Å²) in [5.74, 6) is 0.758. The summed E-state index contributed by atoms with van der Waals surface area (Å²) in [6.45, 7) is 5.96. The van der Waals surface area contributed by atoms with Crippen molar-refractivity contribution in [3.05, 3.63) is 132 Å². The van der Waals surface area contributed by atoms with Gasteiger partial charge in [0.05, 0.1) is 45.5 Å². The average molecular weight is 552 g/mol. The molecule has 0 aliphatic heterocycles. The standard InChI is InChI=1S/C38H25N5/c1-3-9-33-31-12-4-7-15-36(31)43(38(33)41-2)30-21-28(27-11-8-10-25(18-27)23-39)20-29(22-30)42-35-14-6-5-13-32(35)34-19-26(24-40)16-17-37(34)42/h3-22H,2H2,1H3/b9-3-. The summed E-state index contributed by atoms with van der Waals surface area (Å²) in [6.07, 6.45) is 4.09. The second kappa shape index (κ2) is 10.3. The van der Waals surface area contributed by atoms with Gasteiger partial charge in [-0.25, -0.2) is 4.99 Å². The summed E-state index contributed by atoms with van der Waals surface area (Å²) in [5, 5.41) is 22.5. The zero-order valence-electron chi connectivity index (χ0n) is 23.5. The third-order valence-electron chi connectivity index (χ3n) is 7.92. The molecule has 5 nitrogen and oxygen atoms in total. The van der Waals surface area contributed by atoms with Crippen molar-refractivity contribution in [1.29, 1.82) is 10.5 Å². The molecule has 0 saturated heterocycles. The van der Waals surface area contributed by atoms with E-state index in [0.717, 1.165) is 66.6 Å². The van der Waals surface area contributed by atoms with Crippen LogP contribution in [0.3, 0.4) is 0 Å². The summed E-state index contributed by atoms with van der Waals surface area (Å²) in [7, 11) is 0. The molecule has 2 aromatic heterocycles. The largest absolute Gasteiger partial charge is 0.309 e. The Hall–Kier alpha value is -6.17. The second-order valence-electron chi connectivity index (χ2n) is 10.4. The quantitative estimate of drug-likeness (QED) is 0.200. The van der Waals surface area contributed by atoms with Crippen molar-refractivity contribution in [3.63, 3.8) is 0 Å². The first-order chi connectivity index (χ1) is 21.1. The van der Waals surface area contributed by atoms with E-state index in [4.69, 9.17) is 0 Å². The van der Waals surface area contributed by atoms with Crippen LogP contribution in [-0.4, -0.2) is 15.9 Å². The van der Waals surface area contributed by atoms with Gasteiger partial charge in [0.2, 0.25) is 0 Å². The Morgan fingerprint density at radius 2 is 1.28 bits per heavy atom. The van der Waals surface area contributed by atoms with Crippen LogP contribution in [0.15, 0.2) is 120 Å². The first-order valence-corrected chi connectivity index (χ1v) is 14.0. The van der Waals surface area contributed by atoms with Crippen molar-refractivity contribution >= 4 is 51.3 Å². The molecule has 0 radical (unpaired) electrons. The van der Waals surface area contributed by atoms with E-state index < -0.39 is 0 Å². The molecule has 0 spiro atoms. The zero-order valence-corrected chi connectivity index (χ0v) is 23.5. The zero-order chi connectivity index (χ0) is 29.5. The number of nitrogens with zero attached hydrogens (tertiary/aromatic N) is 5. The highest BCUT2D eigenvalue weighted by Crippen LogP contribution is 2.40. The number of rotatable bonds is 5. The molecule has 0 bridgehead atoms. The predicted molar refractivity (Wildman–Crippen MR) is 176 cm³/mol. The van der Waals surface area contributed by atoms with Gasteiger partial charge in [-0.1, -0.05) is 60.7 Å². The molecule has 0 unspecified atom stereocenters. The first-order valence-electron chi connectivity index (χ1n) is 14.0. The number of aromatic nitrogens is 2. The van der Waals surface area contributed by atoms with E-state index in [1.54, 1.807) is 0 Å². The molecule has 0 atom stereocenters. The normalized spacial score (nSPS) is 11.3. The fraction of sp³-hybridized carbons (Fsp3) is 0.0263. The number of benzene rings is 5. The maximum Gasteiger partial charge on any atom is 0.144 e. The molecular weight excluding hydrogens is 526 g/mol. The van der Waals surface area contributed by atoms with Gasteiger partial charge in [0.1, 0.15) is 5.82 Å². The maximum atomic E-state index is 9.66.